The minimum atomic E-state index is -2.06. The molecule has 126 heavy (non-hydrogen) atoms. The topological polar surface area (TPSA) is 730 Å². The van der Waals surface area contributed by atoms with Crippen molar-refractivity contribution in [2.75, 3.05) is 19.7 Å². The molecule has 0 aliphatic carbocycles. The van der Waals surface area contributed by atoms with Crippen molar-refractivity contribution in [3.05, 3.63) is 35.9 Å². The first kappa shape index (κ1) is 110. The zero-order chi connectivity index (χ0) is 95.9. The quantitative estimate of drug-likeness (QED) is 0.0272. The Morgan fingerprint density at radius 1 is 0.413 bits per heavy atom. The maximum atomic E-state index is 14.5. The van der Waals surface area contributed by atoms with Crippen LogP contribution in [0.25, 0.3) is 0 Å². The van der Waals surface area contributed by atoms with Crippen molar-refractivity contribution < 1.29 is 131 Å². The van der Waals surface area contributed by atoms with Crippen LogP contribution in [-0.4, -0.2) is 276 Å². The molecule has 1 aromatic rings. The molecule has 45 nitrogen and oxygen atoms in total. The number of carboxylic acids is 5. The molecule has 0 aromatic heterocycles. The lowest BCUT2D eigenvalue weighted by molar-refractivity contribution is -0.145. The number of benzene rings is 1. The molecule has 26 N–H and O–H groups in total. The van der Waals surface area contributed by atoms with Crippen LogP contribution in [0, 0.1) is 35.5 Å². The SMILES string of the molecule is CC[C@H](C)[C@H](NC(=O)[C@@H](NC(=O)[C@H](CCC(=O)O)NC(=O)[C@H](CC(C)C)NC(=O)[C@@H](NC(=O)[C@@H](N)CC(=O)O)C(C)C)C(C)C)C(=O)N[C@@H](CCC(=O)O)C(=O)N[C@@H](C)C(=O)N[C@@H](CC(=O)O)C(=O)N[C@H](C(=O)N[C@@H](Cc1ccccc1)C(=O)N[C@@H](CO)C(=O)N[C@@H](CC(N)=O)C(=O)N[C@@H](CC(C)C)C(=O)N1CCC[C@H]1C(=O)N[C@@H](CCCCN)C(=O)O)C(C)C. The lowest BCUT2D eigenvalue weighted by Gasteiger charge is -2.31. The van der Waals surface area contributed by atoms with Gasteiger partial charge in [0.15, 0.2) is 0 Å². The fourth-order valence-corrected chi connectivity index (χ4v) is 13.2. The third kappa shape index (κ3) is 38.6. The molecule has 1 aliphatic heterocycles. The Hall–Kier alpha value is -12.0. The van der Waals surface area contributed by atoms with Gasteiger partial charge in [-0.2, -0.15) is 0 Å². The molecular formula is C81H130N18O27. The number of hydrogen-bond donors (Lipinski definition) is 23. The van der Waals surface area contributed by atoms with Gasteiger partial charge in [0.1, 0.15) is 90.6 Å². The average Bonchev–Trinajstić information content (AvgIpc) is 1.60. The van der Waals surface area contributed by atoms with Crippen molar-refractivity contribution in [1.82, 2.24) is 79.3 Å². The summed E-state index contributed by atoms with van der Waals surface area (Å²) in [7, 11) is 0. The predicted molar refractivity (Wildman–Crippen MR) is 448 cm³/mol. The number of amides is 16. The number of nitrogens with one attached hydrogen (secondary N) is 14. The Balaban J connectivity index is 2.45. The molecule has 0 spiro atoms. The number of aliphatic hydroxyl groups excluding tert-OH is 1. The number of primary amides is 1. The number of hydrogen-bond acceptors (Lipinski definition) is 24. The van der Waals surface area contributed by atoms with Gasteiger partial charge in [-0.05, 0) is 112 Å². The standard InChI is InChI=1S/C81H130N18O27/c1-14-43(12)65(98-78(122)64(42(10)11)96-69(113)48(26-28-59(104)105)86-70(114)50(31-38(2)3)91-76(120)62(40(6)7)95-67(111)46(83)34-60(106)107)79(123)87-47(25-27-58(102)103)68(112)85-44(13)66(110)89-53(36-61(108)109)73(117)97-63(41(8)9)77(121)92-51(33-45-21-16-15-17-22-45)71(115)94-55(37-100)74(118)90-52(35-57(84)101)72(116)93-54(32-39(4)5)80(124)99-30-20-24-56(99)75(119)88-49(81(125)126)23-18-19-29-82/h15-17,21-22,38-44,46-56,62-65,100H,14,18-20,23-37,82-83H2,1-13H3,(H2,84,101)(H,85,112)(H,86,114)(H,87,123)(H,88,119)(H,89,110)(H,90,118)(H,91,120)(H,92,121)(H,93,116)(H,94,115)(H,95,111)(H,96,113)(H,97,117)(H,98,122)(H,102,103)(H,104,105)(H,106,107)(H,108,109)(H,125,126)/t43-,44-,46-,47-,48-,49-,50-,51-,52-,53-,54-,55-,56-,62-,63-,64-,65-/m0/s1. The van der Waals surface area contributed by atoms with E-state index in [1.807, 2.05) is 0 Å². The molecule has 2 rings (SSSR count). The number of carboxylic acid groups (broad SMARTS) is 5. The van der Waals surface area contributed by atoms with Crippen LogP contribution in [0.4, 0.5) is 0 Å². The van der Waals surface area contributed by atoms with Crippen molar-refractivity contribution in [2.24, 2.45) is 52.7 Å². The van der Waals surface area contributed by atoms with E-state index in [4.69, 9.17) is 22.3 Å². The van der Waals surface area contributed by atoms with Gasteiger partial charge < -0.3 is 127 Å². The van der Waals surface area contributed by atoms with Crippen LogP contribution in [0.2, 0.25) is 0 Å². The van der Waals surface area contributed by atoms with Gasteiger partial charge in [0, 0.05) is 25.8 Å². The Morgan fingerprint density at radius 2 is 0.810 bits per heavy atom. The van der Waals surface area contributed by atoms with E-state index < -0.39 is 296 Å². The first-order valence-electron chi connectivity index (χ1n) is 41.9. The number of unbranched alkanes of at least 4 members (excludes halogenated alkanes) is 1. The van der Waals surface area contributed by atoms with Crippen molar-refractivity contribution >= 4 is 124 Å². The van der Waals surface area contributed by atoms with E-state index in [1.54, 1.807) is 78.8 Å². The number of carbonyl (C=O) groups excluding carboxylic acids is 16. The Bertz CT molecular complexity index is 3960. The van der Waals surface area contributed by atoms with Gasteiger partial charge in [0.2, 0.25) is 94.5 Å². The second kappa shape index (κ2) is 54.7. The summed E-state index contributed by atoms with van der Waals surface area (Å²) >= 11 is 0. The highest BCUT2D eigenvalue weighted by molar-refractivity contribution is 6.02. The van der Waals surface area contributed by atoms with Crippen LogP contribution in [0.1, 0.15) is 192 Å². The van der Waals surface area contributed by atoms with E-state index in [2.05, 4.69) is 74.4 Å². The molecule has 1 fully saturated rings. The molecule has 1 aromatic carbocycles. The number of aliphatic carboxylic acids is 5. The second-order valence-electron chi connectivity index (χ2n) is 33.1. The molecule has 1 saturated heterocycles. The molecule has 0 unspecified atom stereocenters. The molecule has 0 radical (unpaired) electrons. The number of rotatable bonds is 58. The average molecular weight is 1790 g/mol. The van der Waals surface area contributed by atoms with Crippen LogP contribution >= 0.6 is 0 Å². The van der Waals surface area contributed by atoms with Gasteiger partial charge in [-0.25, -0.2) is 4.79 Å². The summed E-state index contributed by atoms with van der Waals surface area (Å²) in [6.07, 6.45) is -4.53. The van der Waals surface area contributed by atoms with Gasteiger partial charge in [0.05, 0.1) is 31.9 Å². The first-order chi connectivity index (χ1) is 58.9. The molecule has 706 valence electrons. The van der Waals surface area contributed by atoms with Crippen LogP contribution in [0.15, 0.2) is 30.3 Å². The summed E-state index contributed by atoms with van der Waals surface area (Å²) in [5.74, 6) is -28.3. The zero-order valence-corrected chi connectivity index (χ0v) is 73.5. The highest BCUT2D eigenvalue weighted by Crippen LogP contribution is 2.23. The number of nitrogens with zero attached hydrogens (tertiary/aromatic N) is 1. The van der Waals surface area contributed by atoms with E-state index in [0.717, 1.165) is 6.92 Å². The zero-order valence-electron chi connectivity index (χ0n) is 73.5. The fourth-order valence-electron chi connectivity index (χ4n) is 13.2. The predicted octanol–water partition coefficient (Wildman–Crippen LogP) is -4.78. The van der Waals surface area contributed by atoms with Gasteiger partial charge in [-0.1, -0.05) is 120 Å². The van der Waals surface area contributed by atoms with Crippen molar-refractivity contribution in [1.29, 1.82) is 0 Å². The molecule has 1 heterocycles. The Labute approximate surface area is 729 Å². The van der Waals surface area contributed by atoms with Gasteiger partial charge in [0.25, 0.3) is 0 Å². The van der Waals surface area contributed by atoms with E-state index >= 15 is 0 Å². The number of likely N-dealkylation sites (tertiary alicyclic amines) is 1. The number of aliphatic hydroxyl groups is 1. The lowest BCUT2D eigenvalue weighted by Crippen LogP contribution is -2.62. The normalized spacial score (nSPS) is 16.3. The van der Waals surface area contributed by atoms with Crippen molar-refractivity contribution in [3.8, 4) is 0 Å². The minimum Gasteiger partial charge on any atom is -0.481 e. The third-order valence-electron chi connectivity index (χ3n) is 20.4. The fraction of sp³-hybridized carbons (Fsp3) is 0.667. The van der Waals surface area contributed by atoms with Crippen molar-refractivity contribution in [2.45, 2.75) is 289 Å². The van der Waals surface area contributed by atoms with E-state index in [-0.39, 0.29) is 63.5 Å². The monoisotopic (exact) mass is 1790 g/mol. The highest BCUT2D eigenvalue weighted by Gasteiger charge is 2.43. The molecule has 0 bridgehead atoms. The molecule has 17 atom stereocenters. The van der Waals surface area contributed by atoms with Gasteiger partial charge in [-0.3, -0.25) is 95.9 Å². The summed E-state index contributed by atoms with van der Waals surface area (Å²) in [4.78, 5) is 284. The Morgan fingerprint density at radius 3 is 1.29 bits per heavy atom. The lowest BCUT2D eigenvalue weighted by atomic mass is 9.95. The molecular weight excluding hydrogens is 1660 g/mol. The van der Waals surface area contributed by atoms with Crippen LogP contribution < -0.4 is 91.6 Å². The highest BCUT2D eigenvalue weighted by atomic mass is 16.4. The van der Waals surface area contributed by atoms with E-state index in [0.29, 0.717) is 24.8 Å². The van der Waals surface area contributed by atoms with Gasteiger partial charge >= 0.3 is 29.8 Å². The Kier molecular flexibility index (Phi) is 47.7. The van der Waals surface area contributed by atoms with Crippen LogP contribution in [0.5, 0.6) is 0 Å². The maximum absolute atomic E-state index is 14.5. The van der Waals surface area contributed by atoms with Crippen LogP contribution in [-0.2, 0) is 107 Å². The van der Waals surface area contributed by atoms with Gasteiger partial charge in [-0.15, -0.1) is 0 Å². The third-order valence-corrected chi connectivity index (χ3v) is 20.4. The minimum absolute atomic E-state index is 0.0352. The first-order valence-corrected chi connectivity index (χ1v) is 41.9. The van der Waals surface area contributed by atoms with Crippen LogP contribution in [0.3, 0.4) is 0 Å². The molecule has 0 saturated carbocycles. The molecule has 45 heteroatoms. The van der Waals surface area contributed by atoms with E-state index in [1.165, 1.54) is 39.5 Å². The summed E-state index contributed by atoms with van der Waals surface area (Å²) in [5, 5.41) is 92.7. The maximum Gasteiger partial charge on any atom is 0.326 e. The summed E-state index contributed by atoms with van der Waals surface area (Å²) in [5.41, 5.74) is 17.2. The summed E-state index contributed by atoms with van der Waals surface area (Å²) in [6, 6.07) is -18.0. The smallest absolute Gasteiger partial charge is 0.326 e. The largest absolute Gasteiger partial charge is 0.481 e. The van der Waals surface area contributed by atoms with Crippen molar-refractivity contribution in [3.63, 3.8) is 0 Å². The number of nitrogens with two attached hydrogens (primary N) is 3. The molecule has 16 amide bonds. The summed E-state index contributed by atoms with van der Waals surface area (Å²) < 4.78 is 0. The number of carbonyl (C=O) groups is 21. The summed E-state index contributed by atoms with van der Waals surface area (Å²) in [6.45, 7) is 19.0. The second-order valence-corrected chi connectivity index (χ2v) is 33.1. The molecule has 1 aliphatic rings. The van der Waals surface area contributed by atoms with E-state index in [9.17, 15) is 126 Å².